The smallest absolute Gasteiger partial charge is 0.392 e. The van der Waals surface area contributed by atoms with Gasteiger partial charge >= 0.3 is 6.18 Å². The summed E-state index contributed by atoms with van der Waals surface area (Å²) in [7, 11) is 0. The number of carbonyl (C=O) groups excluding carboxylic acids is 1. The van der Waals surface area contributed by atoms with Gasteiger partial charge in [-0.3, -0.25) is 4.79 Å². The summed E-state index contributed by atoms with van der Waals surface area (Å²) in [6.07, 6.45) is -2.94. The Kier molecular flexibility index (Phi) is 4.55. The van der Waals surface area contributed by atoms with Gasteiger partial charge in [0.15, 0.2) is 0 Å². The number of rotatable bonds is 6. The van der Waals surface area contributed by atoms with Crippen molar-refractivity contribution in [1.82, 2.24) is 10.6 Å². The van der Waals surface area contributed by atoms with Crippen molar-refractivity contribution in [3.05, 3.63) is 0 Å². The highest BCUT2D eigenvalue weighted by Gasteiger charge is 2.29. The van der Waals surface area contributed by atoms with Crippen LogP contribution < -0.4 is 10.6 Å². The fraction of sp³-hybridized carbons (Fsp3) is 0.889. The monoisotopic (exact) mass is 240 g/mol. The van der Waals surface area contributed by atoms with Gasteiger partial charge in [0.2, 0.25) is 5.91 Å². The molecule has 1 amide bonds. The summed E-state index contributed by atoms with van der Waals surface area (Å²) in [6.45, 7) is -1.29. The largest absolute Gasteiger partial charge is 0.405 e. The first-order valence-electron chi connectivity index (χ1n) is 5.11. The summed E-state index contributed by atoms with van der Waals surface area (Å²) in [5.41, 5.74) is 0. The van der Waals surface area contributed by atoms with Crippen LogP contribution >= 0.6 is 0 Å². The molecule has 0 bridgehead atoms. The molecule has 4 nitrogen and oxygen atoms in total. The number of aliphatic hydroxyl groups excluding tert-OH is 1. The molecule has 0 radical (unpaired) electrons. The van der Waals surface area contributed by atoms with Crippen molar-refractivity contribution in [2.24, 2.45) is 5.92 Å². The van der Waals surface area contributed by atoms with Gasteiger partial charge in [0.25, 0.3) is 0 Å². The van der Waals surface area contributed by atoms with Crippen LogP contribution in [0.2, 0.25) is 0 Å². The van der Waals surface area contributed by atoms with Gasteiger partial charge in [-0.2, -0.15) is 13.2 Å². The maximum Gasteiger partial charge on any atom is 0.405 e. The van der Waals surface area contributed by atoms with Gasteiger partial charge in [-0.15, -0.1) is 0 Å². The second-order valence-corrected chi connectivity index (χ2v) is 3.93. The molecule has 1 fully saturated rings. The summed E-state index contributed by atoms with van der Waals surface area (Å²) in [6, 6.07) is 0. The topological polar surface area (TPSA) is 61.4 Å². The molecule has 0 aromatic heterocycles. The van der Waals surface area contributed by atoms with Crippen LogP contribution in [0.1, 0.15) is 12.8 Å². The fourth-order valence-corrected chi connectivity index (χ4v) is 1.24. The van der Waals surface area contributed by atoms with E-state index < -0.39 is 24.7 Å². The van der Waals surface area contributed by atoms with Crippen molar-refractivity contribution < 1.29 is 23.1 Å². The van der Waals surface area contributed by atoms with E-state index in [1.807, 2.05) is 0 Å². The predicted octanol–water partition coefficient (Wildman–Crippen LogP) is 0.0254. The van der Waals surface area contributed by atoms with Crippen molar-refractivity contribution in [2.75, 3.05) is 19.6 Å². The molecule has 1 aliphatic rings. The molecule has 0 aromatic rings. The van der Waals surface area contributed by atoms with Crippen LogP contribution in [0.5, 0.6) is 0 Å². The minimum Gasteiger partial charge on any atom is -0.392 e. The van der Waals surface area contributed by atoms with Crippen molar-refractivity contribution in [3.8, 4) is 0 Å². The highest BCUT2D eigenvalue weighted by Crippen LogP contribution is 2.32. The highest BCUT2D eigenvalue weighted by molar-refractivity contribution is 5.77. The first-order valence-corrected chi connectivity index (χ1v) is 5.11. The molecule has 1 saturated carbocycles. The van der Waals surface area contributed by atoms with E-state index in [9.17, 15) is 23.1 Å². The average molecular weight is 240 g/mol. The highest BCUT2D eigenvalue weighted by atomic mass is 19.4. The van der Waals surface area contributed by atoms with Crippen molar-refractivity contribution in [3.63, 3.8) is 0 Å². The number of hydrogen-bond acceptors (Lipinski definition) is 3. The van der Waals surface area contributed by atoms with Gasteiger partial charge in [0.05, 0.1) is 12.6 Å². The van der Waals surface area contributed by atoms with Crippen LogP contribution in [-0.2, 0) is 4.79 Å². The lowest BCUT2D eigenvalue weighted by Crippen LogP contribution is -2.41. The molecular weight excluding hydrogens is 225 g/mol. The first-order chi connectivity index (χ1) is 7.38. The fourth-order valence-electron chi connectivity index (χ4n) is 1.24. The van der Waals surface area contributed by atoms with Gasteiger partial charge < -0.3 is 15.7 Å². The Bertz CT molecular complexity index is 241. The Balaban J connectivity index is 2.01. The predicted molar refractivity (Wildman–Crippen MR) is 50.7 cm³/mol. The summed E-state index contributed by atoms with van der Waals surface area (Å²) in [5.74, 6) is -0.439. The zero-order valence-corrected chi connectivity index (χ0v) is 8.68. The summed E-state index contributed by atoms with van der Waals surface area (Å²) < 4.78 is 35.1. The van der Waals surface area contributed by atoms with Crippen molar-refractivity contribution in [2.45, 2.75) is 25.1 Å². The second kappa shape index (κ2) is 5.49. The molecule has 0 aromatic carbocycles. The standard InChI is InChI=1S/C9H15F3N2O2/c10-9(11,12)5-14-8(16)4-13-3-7(15)6-1-2-6/h6-7,13,15H,1-5H2,(H,14,16). The minimum absolute atomic E-state index is 0.208. The zero-order valence-electron chi connectivity index (χ0n) is 8.68. The third kappa shape index (κ3) is 5.92. The van der Waals surface area contributed by atoms with Gasteiger partial charge in [-0.25, -0.2) is 0 Å². The molecule has 0 aliphatic heterocycles. The van der Waals surface area contributed by atoms with Crippen molar-refractivity contribution >= 4 is 5.91 Å². The lowest BCUT2D eigenvalue weighted by molar-refractivity contribution is -0.137. The van der Waals surface area contributed by atoms with E-state index in [1.54, 1.807) is 5.32 Å². The molecule has 0 heterocycles. The van der Waals surface area contributed by atoms with Crippen LogP contribution in [0, 0.1) is 5.92 Å². The molecule has 1 rings (SSSR count). The summed E-state index contributed by atoms with van der Waals surface area (Å²) >= 11 is 0. The van der Waals surface area contributed by atoms with Gasteiger partial charge in [-0.1, -0.05) is 0 Å². The Morgan fingerprint density at radius 1 is 1.44 bits per heavy atom. The SMILES string of the molecule is O=C(CNCC(O)C1CC1)NCC(F)(F)F. The summed E-state index contributed by atoms with van der Waals surface area (Å²) in [5, 5.41) is 13.7. The lowest BCUT2D eigenvalue weighted by atomic mass is 10.2. The second-order valence-electron chi connectivity index (χ2n) is 3.93. The number of aliphatic hydroxyl groups is 1. The van der Waals surface area contributed by atoms with Crippen LogP contribution in [0.25, 0.3) is 0 Å². The molecule has 7 heteroatoms. The van der Waals surface area contributed by atoms with Crippen LogP contribution in [0.4, 0.5) is 13.2 Å². The number of carbonyl (C=O) groups is 1. The molecular formula is C9H15F3N2O2. The number of amides is 1. The third-order valence-corrected chi connectivity index (χ3v) is 2.29. The Morgan fingerprint density at radius 3 is 2.56 bits per heavy atom. The molecule has 1 aliphatic carbocycles. The molecule has 0 saturated heterocycles. The summed E-state index contributed by atoms with van der Waals surface area (Å²) in [4.78, 5) is 10.9. The number of alkyl halides is 3. The molecule has 1 unspecified atom stereocenters. The molecule has 1 atom stereocenters. The zero-order chi connectivity index (χ0) is 12.2. The number of halogens is 3. The van der Waals surface area contributed by atoms with E-state index in [4.69, 9.17) is 0 Å². The maximum atomic E-state index is 11.7. The van der Waals surface area contributed by atoms with Crippen LogP contribution in [0.3, 0.4) is 0 Å². The average Bonchev–Trinajstić information content (AvgIpc) is 2.96. The number of nitrogens with one attached hydrogen (secondary N) is 2. The Morgan fingerprint density at radius 2 is 2.06 bits per heavy atom. The van der Waals surface area contributed by atoms with E-state index in [2.05, 4.69) is 5.32 Å². The first kappa shape index (κ1) is 13.2. The molecule has 94 valence electrons. The molecule has 3 N–H and O–H groups in total. The molecule has 16 heavy (non-hydrogen) atoms. The van der Waals surface area contributed by atoms with E-state index >= 15 is 0 Å². The van der Waals surface area contributed by atoms with E-state index in [0.29, 0.717) is 0 Å². The number of hydrogen-bond donors (Lipinski definition) is 3. The normalized spacial score (nSPS) is 18.2. The van der Waals surface area contributed by atoms with Crippen molar-refractivity contribution in [1.29, 1.82) is 0 Å². The van der Waals surface area contributed by atoms with Crippen LogP contribution in [0.15, 0.2) is 0 Å². The molecule has 0 spiro atoms. The van der Waals surface area contributed by atoms with Gasteiger partial charge in [-0.05, 0) is 18.8 Å². The van der Waals surface area contributed by atoms with E-state index in [1.165, 1.54) is 0 Å². The van der Waals surface area contributed by atoms with Gasteiger partial charge in [0.1, 0.15) is 6.54 Å². The minimum atomic E-state index is -4.39. The quantitative estimate of drug-likeness (QED) is 0.613. The van der Waals surface area contributed by atoms with Gasteiger partial charge in [0, 0.05) is 6.54 Å². The van der Waals surface area contributed by atoms with E-state index in [0.717, 1.165) is 12.8 Å². The Hall–Kier alpha value is -0.820. The maximum absolute atomic E-state index is 11.7. The van der Waals surface area contributed by atoms with E-state index in [-0.39, 0.29) is 19.0 Å². The third-order valence-electron chi connectivity index (χ3n) is 2.29. The lowest BCUT2D eigenvalue weighted by Gasteiger charge is -2.11. The van der Waals surface area contributed by atoms with Crippen LogP contribution in [-0.4, -0.2) is 42.9 Å². The Labute approximate surface area is 91.2 Å².